The summed E-state index contributed by atoms with van der Waals surface area (Å²) in [7, 11) is 0. The molecule has 0 radical (unpaired) electrons. The molecule has 0 amide bonds. The van der Waals surface area contributed by atoms with Gasteiger partial charge in [-0.15, -0.1) is 0 Å². The molecule has 0 rings (SSSR count). The Morgan fingerprint density at radius 1 is 0.304 bits per heavy atom. The first-order valence-electron chi connectivity index (χ1n) is 29.4. The Hall–Kier alpha value is -3.15. The second kappa shape index (κ2) is 57.4. The molecule has 0 saturated heterocycles. The summed E-state index contributed by atoms with van der Waals surface area (Å²) in [6, 6.07) is 0. The van der Waals surface area contributed by atoms with Crippen LogP contribution in [0.25, 0.3) is 0 Å². The standard InChI is InChI=1S/C63H110O6/c1-4-7-10-13-16-19-22-25-27-29-31-33-35-38-41-44-47-50-53-56-62(65)68-59-60(58-67-61(64)55-52-49-46-43-40-37-24-21-18-15-12-9-6-3)69-63(66)57-54-51-48-45-42-39-36-34-32-30-28-26-23-20-17-14-11-8-5-2/h7,10,16,19,25,27,31,33,37,40,46,49,60H,4-6,8-9,11-15,17-18,20-24,26,28-30,32,34-36,38-39,41-45,47-48,50-59H2,1-3H3/b10-7+,19-16+,27-25+,33-31+,40-37+,49-46+. The molecular formula is C63H110O6. The van der Waals surface area contributed by atoms with Crippen molar-refractivity contribution >= 4 is 17.9 Å². The van der Waals surface area contributed by atoms with Crippen molar-refractivity contribution in [3.63, 3.8) is 0 Å². The summed E-state index contributed by atoms with van der Waals surface area (Å²) in [6.07, 6.45) is 73.4. The van der Waals surface area contributed by atoms with Crippen LogP contribution < -0.4 is 0 Å². The van der Waals surface area contributed by atoms with Gasteiger partial charge in [0.2, 0.25) is 0 Å². The Labute approximate surface area is 427 Å². The number of hydrogen-bond donors (Lipinski definition) is 0. The molecule has 398 valence electrons. The van der Waals surface area contributed by atoms with Crippen molar-refractivity contribution in [3.05, 3.63) is 72.9 Å². The van der Waals surface area contributed by atoms with Crippen molar-refractivity contribution in [2.24, 2.45) is 0 Å². The second-order valence-corrected chi connectivity index (χ2v) is 19.5. The second-order valence-electron chi connectivity index (χ2n) is 19.5. The highest BCUT2D eigenvalue weighted by Crippen LogP contribution is 2.16. The maximum absolute atomic E-state index is 12.9. The molecule has 0 fully saturated rings. The Balaban J connectivity index is 4.40. The summed E-state index contributed by atoms with van der Waals surface area (Å²) in [4.78, 5) is 38.1. The average molecular weight is 964 g/mol. The first-order chi connectivity index (χ1) is 34.0. The SMILES string of the molecule is CC/C=C/C/C=C/C/C=C/C/C=C/CCCCCCCCC(=O)OCC(COC(=O)CC/C=C/C/C=C/CCCCCCCC)OC(=O)CCCCCCCCCCCCCCCCCCCCC. The predicted octanol–water partition coefficient (Wildman–Crippen LogP) is 19.8. The highest BCUT2D eigenvalue weighted by atomic mass is 16.6. The molecule has 0 aromatic heterocycles. The van der Waals surface area contributed by atoms with Gasteiger partial charge in [0.15, 0.2) is 6.10 Å². The predicted molar refractivity (Wildman–Crippen MR) is 298 cm³/mol. The minimum absolute atomic E-state index is 0.0979. The largest absolute Gasteiger partial charge is 0.462 e. The summed E-state index contributed by atoms with van der Waals surface area (Å²) < 4.78 is 16.8. The van der Waals surface area contributed by atoms with E-state index in [4.69, 9.17) is 14.2 Å². The molecule has 0 bridgehead atoms. The minimum Gasteiger partial charge on any atom is -0.462 e. The number of unbranched alkanes of at least 4 members (excludes halogenated alkanes) is 30. The molecule has 6 nitrogen and oxygen atoms in total. The number of carbonyl (C=O) groups excluding carboxylic acids is 3. The normalized spacial score (nSPS) is 12.6. The number of hydrogen-bond acceptors (Lipinski definition) is 6. The topological polar surface area (TPSA) is 78.9 Å². The molecule has 1 unspecified atom stereocenters. The fourth-order valence-electron chi connectivity index (χ4n) is 8.31. The van der Waals surface area contributed by atoms with Gasteiger partial charge in [0.25, 0.3) is 0 Å². The van der Waals surface area contributed by atoms with Crippen LogP contribution in [0, 0.1) is 0 Å². The summed E-state index contributed by atoms with van der Waals surface area (Å²) in [6.45, 7) is 6.48. The van der Waals surface area contributed by atoms with Crippen LogP contribution in [0.3, 0.4) is 0 Å². The highest BCUT2D eigenvalue weighted by molar-refractivity contribution is 5.71. The van der Waals surface area contributed by atoms with E-state index in [0.717, 1.165) is 89.9 Å². The van der Waals surface area contributed by atoms with Crippen molar-refractivity contribution in [2.75, 3.05) is 13.2 Å². The van der Waals surface area contributed by atoms with Crippen molar-refractivity contribution in [1.82, 2.24) is 0 Å². The van der Waals surface area contributed by atoms with E-state index in [2.05, 4.69) is 87.6 Å². The third-order valence-electron chi connectivity index (χ3n) is 12.7. The van der Waals surface area contributed by atoms with Gasteiger partial charge in [-0.1, -0.05) is 267 Å². The Morgan fingerprint density at radius 3 is 0.971 bits per heavy atom. The number of carbonyl (C=O) groups is 3. The molecule has 1 atom stereocenters. The fourth-order valence-corrected chi connectivity index (χ4v) is 8.31. The van der Waals surface area contributed by atoms with Gasteiger partial charge in [-0.05, 0) is 77.0 Å². The van der Waals surface area contributed by atoms with Crippen LogP contribution in [0.5, 0.6) is 0 Å². The molecule has 69 heavy (non-hydrogen) atoms. The summed E-state index contributed by atoms with van der Waals surface area (Å²) in [5.41, 5.74) is 0. The third-order valence-corrected chi connectivity index (χ3v) is 12.7. The minimum atomic E-state index is -0.803. The Kier molecular flexibility index (Phi) is 54.8. The van der Waals surface area contributed by atoms with Crippen LogP contribution in [-0.2, 0) is 28.6 Å². The Bertz CT molecular complexity index is 1290. The molecule has 0 heterocycles. The van der Waals surface area contributed by atoms with E-state index >= 15 is 0 Å². The van der Waals surface area contributed by atoms with Crippen molar-refractivity contribution in [2.45, 2.75) is 297 Å². The molecule has 0 aromatic rings. The zero-order chi connectivity index (χ0) is 50.0. The summed E-state index contributed by atoms with van der Waals surface area (Å²) >= 11 is 0. The van der Waals surface area contributed by atoms with Crippen LogP contribution >= 0.6 is 0 Å². The van der Waals surface area contributed by atoms with Crippen LogP contribution in [0.15, 0.2) is 72.9 Å². The van der Waals surface area contributed by atoms with E-state index < -0.39 is 6.10 Å². The molecule has 0 aromatic carbocycles. The van der Waals surface area contributed by atoms with Gasteiger partial charge in [0.1, 0.15) is 13.2 Å². The lowest BCUT2D eigenvalue weighted by Crippen LogP contribution is -2.30. The lowest BCUT2D eigenvalue weighted by atomic mass is 10.0. The van der Waals surface area contributed by atoms with Gasteiger partial charge in [-0.25, -0.2) is 0 Å². The van der Waals surface area contributed by atoms with E-state index in [1.807, 2.05) is 6.08 Å². The smallest absolute Gasteiger partial charge is 0.306 e. The van der Waals surface area contributed by atoms with Crippen LogP contribution in [0.2, 0.25) is 0 Å². The summed E-state index contributed by atoms with van der Waals surface area (Å²) in [5, 5.41) is 0. The molecule has 0 aliphatic rings. The zero-order valence-electron chi connectivity index (χ0n) is 45.6. The number of esters is 3. The quantitative estimate of drug-likeness (QED) is 0.0262. The lowest BCUT2D eigenvalue weighted by Gasteiger charge is -2.18. The van der Waals surface area contributed by atoms with E-state index in [1.54, 1.807) is 0 Å². The maximum atomic E-state index is 12.9. The van der Waals surface area contributed by atoms with Crippen LogP contribution in [0.1, 0.15) is 290 Å². The van der Waals surface area contributed by atoms with Gasteiger partial charge in [-0.3, -0.25) is 14.4 Å². The summed E-state index contributed by atoms with van der Waals surface area (Å²) in [5.74, 6) is -0.969. The van der Waals surface area contributed by atoms with Gasteiger partial charge in [0, 0.05) is 19.3 Å². The molecule has 0 spiro atoms. The lowest BCUT2D eigenvalue weighted by molar-refractivity contribution is -0.166. The third kappa shape index (κ3) is 55.6. The molecule has 0 N–H and O–H groups in total. The van der Waals surface area contributed by atoms with Crippen molar-refractivity contribution in [1.29, 1.82) is 0 Å². The van der Waals surface area contributed by atoms with E-state index in [-0.39, 0.29) is 37.5 Å². The van der Waals surface area contributed by atoms with Gasteiger partial charge in [-0.2, -0.15) is 0 Å². The van der Waals surface area contributed by atoms with Crippen LogP contribution in [0.4, 0.5) is 0 Å². The molecule has 0 aliphatic heterocycles. The molecular weight excluding hydrogens is 853 g/mol. The molecule has 0 saturated carbocycles. The number of ether oxygens (including phenoxy) is 3. The van der Waals surface area contributed by atoms with Gasteiger partial charge < -0.3 is 14.2 Å². The average Bonchev–Trinajstić information content (AvgIpc) is 3.35. The highest BCUT2D eigenvalue weighted by Gasteiger charge is 2.19. The van der Waals surface area contributed by atoms with Crippen LogP contribution in [-0.4, -0.2) is 37.2 Å². The van der Waals surface area contributed by atoms with Gasteiger partial charge >= 0.3 is 17.9 Å². The zero-order valence-corrected chi connectivity index (χ0v) is 45.6. The van der Waals surface area contributed by atoms with E-state index in [0.29, 0.717) is 19.3 Å². The fraction of sp³-hybridized carbons (Fsp3) is 0.762. The maximum Gasteiger partial charge on any atom is 0.306 e. The van der Waals surface area contributed by atoms with Gasteiger partial charge in [0.05, 0.1) is 0 Å². The molecule has 6 heteroatoms. The number of allylic oxidation sites excluding steroid dienone is 12. The Morgan fingerprint density at radius 2 is 0.594 bits per heavy atom. The monoisotopic (exact) mass is 963 g/mol. The van der Waals surface area contributed by atoms with E-state index in [9.17, 15) is 14.4 Å². The molecule has 0 aliphatic carbocycles. The first kappa shape index (κ1) is 65.8. The van der Waals surface area contributed by atoms with Crippen molar-refractivity contribution < 1.29 is 28.6 Å². The first-order valence-corrected chi connectivity index (χ1v) is 29.4. The number of rotatable bonds is 53. The van der Waals surface area contributed by atoms with E-state index in [1.165, 1.54) is 154 Å². The van der Waals surface area contributed by atoms with Crippen molar-refractivity contribution in [3.8, 4) is 0 Å².